The fraction of sp³-hybridized carbons (Fsp3) is 0.762. The number of rotatable bonds is 7. The summed E-state index contributed by atoms with van der Waals surface area (Å²) in [5, 5.41) is 8.00. The summed E-state index contributed by atoms with van der Waals surface area (Å²) in [6, 6.07) is -3.07. The smallest absolute Gasteiger partial charge is 0.245 e. The van der Waals surface area contributed by atoms with Crippen LogP contribution in [0.5, 0.6) is 0 Å². The highest BCUT2D eigenvalue weighted by atomic mass is 16.6. The summed E-state index contributed by atoms with van der Waals surface area (Å²) in [4.78, 5) is 64.0. The largest absolute Gasteiger partial charge is 0.365 e. The van der Waals surface area contributed by atoms with Crippen molar-refractivity contribution >= 4 is 29.4 Å². The third-order valence-electron chi connectivity index (χ3n) is 6.07. The zero-order valence-corrected chi connectivity index (χ0v) is 18.1. The van der Waals surface area contributed by atoms with Crippen LogP contribution in [0.25, 0.3) is 0 Å². The SMILES string of the molecule is C[C@@H]1NC(=O)[C@H](C)NC(=O)[C@@H]2CCCN2C(=O)[C@@H](CCCCCC(=O)[C@H]2CO2)NC1=O. The van der Waals surface area contributed by atoms with Gasteiger partial charge in [0.1, 0.15) is 30.3 Å². The maximum absolute atomic E-state index is 13.2. The minimum Gasteiger partial charge on any atom is -0.365 e. The van der Waals surface area contributed by atoms with Crippen LogP contribution in [0.2, 0.25) is 0 Å². The standard InChI is InChI=1S/C21H32N4O6/c1-12-18(27)22-13(2)19(28)24-14(7-4-3-5-9-16(26)17-11-31-17)21(30)25-10-6-8-15(25)20(29)23-12/h12-15,17H,3-11H2,1-2H3,(H,22,27)(H,23,29)(H,24,28)/t12-,13-,14+,15-,17+/m0/s1. The number of nitrogens with zero attached hydrogens (tertiary/aromatic N) is 1. The van der Waals surface area contributed by atoms with Gasteiger partial charge in [0.2, 0.25) is 23.6 Å². The predicted octanol–water partition coefficient (Wildman–Crippen LogP) is -0.596. The molecule has 3 aliphatic rings. The van der Waals surface area contributed by atoms with Crippen LogP contribution in [-0.2, 0) is 28.7 Å². The highest BCUT2D eigenvalue weighted by molar-refractivity contribution is 5.97. The molecule has 5 atom stereocenters. The van der Waals surface area contributed by atoms with Gasteiger partial charge in [0.25, 0.3) is 0 Å². The lowest BCUT2D eigenvalue weighted by molar-refractivity contribution is -0.143. The number of nitrogens with one attached hydrogen (secondary N) is 3. The summed E-state index contributed by atoms with van der Waals surface area (Å²) in [5.74, 6) is -1.41. The molecule has 172 valence electrons. The first-order valence-corrected chi connectivity index (χ1v) is 11.1. The van der Waals surface area contributed by atoms with Gasteiger partial charge in [-0.2, -0.15) is 0 Å². The number of fused-ring (bicyclic) bond motifs is 1. The molecule has 4 amide bonds. The highest BCUT2D eigenvalue weighted by Crippen LogP contribution is 2.21. The summed E-state index contributed by atoms with van der Waals surface area (Å²) >= 11 is 0. The zero-order chi connectivity index (χ0) is 22.5. The molecule has 0 unspecified atom stereocenters. The lowest BCUT2D eigenvalue weighted by Crippen LogP contribution is -2.60. The number of carbonyl (C=O) groups excluding carboxylic acids is 5. The second-order valence-corrected chi connectivity index (χ2v) is 8.60. The van der Waals surface area contributed by atoms with Crippen molar-refractivity contribution in [1.82, 2.24) is 20.9 Å². The van der Waals surface area contributed by atoms with Crippen LogP contribution in [0, 0.1) is 0 Å². The first kappa shape index (κ1) is 23.2. The molecule has 0 aliphatic carbocycles. The summed E-state index contributed by atoms with van der Waals surface area (Å²) in [6.45, 7) is 4.04. The lowest BCUT2D eigenvalue weighted by atomic mass is 10.0. The minimum absolute atomic E-state index is 0.111. The fourth-order valence-corrected chi connectivity index (χ4v) is 4.06. The second-order valence-electron chi connectivity index (χ2n) is 8.60. The molecule has 0 aromatic carbocycles. The Labute approximate surface area is 181 Å². The van der Waals surface area contributed by atoms with E-state index in [-0.39, 0.29) is 23.7 Å². The van der Waals surface area contributed by atoms with Gasteiger partial charge < -0.3 is 25.6 Å². The maximum Gasteiger partial charge on any atom is 0.245 e. The van der Waals surface area contributed by atoms with E-state index in [0.717, 1.165) is 6.42 Å². The molecule has 3 aliphatic heterocycles. The van der Waals surface area contributed by atoms with Gasteiger partial charge in [-0.1, -0.05) is 12.8 Å². The van der Waals surface area contributed by atoms with Crippen molar-refractivity contribution in [3.05, 3.63) is 0 Å². The van der Waals surface area contributed by atoms with Gasteiger partial charge in [0.15, 0.2) is 5.78 Å². The number of epoxide rings is 1. The van der Waals surface area contributed by atoms with Crippen LogP contribution in [0.15, 0.2) is 0 Å². The lowest BCUT2D eigenvalue weighted by Gasteiger charge is -2.31. The molecule has 3 N–H and O–H groups in total. The van der Waals surface area contributed by atoms with E-state index in [4.69, 9.17) is 4.74 Å². The number of carbonyl (C=O) groups is 5. The number of Topliss-reactive ketones (excluding diaryl/α,β-unsaturated/α-hetero) is 1. The third kappa shape index (κ3) is 6.03. The van der Waals surface area contributed by atoms with Crippen LogP contribution < -0.4 is 16.0 Å². The topological polar surface area (TPSA) is 137 Å². The van der Waals surface area contributed by atoms with E-state index < -0.39 is 36.0 Å². The van der Waals surface area contributed by atoms with Gasteiger partial charge in [-0.15, -0.1) is 0 Å². The molecule has 10 heteroatoms. The quantitative estimate of drug-likeness (QED) is 0.360. The number of amides is 4. The number of hydrogen-bond donors (Lipinski definition) is 3. The summed E-state index contributed by atoms with van der Waals surface area (Å²) in [5.41, 5.74) is 0. The summed E-state index contributed by atoms with van der Waals surface area (Å²) in [7, 11) is 0. The molecule has 0 radical (unpaired) electrons. The molecular formula is C21H32N4O6. The van der Waals surface area contributed by atoms with Gasteiger partial charge >= 0.3 is 0 Å². The van der Waals surface area contributed by atoms with Crippen LogP contribution in [0.4, 0.5) is 0 Å². The molecular weight excluding hydrogens is 404 g/mol. The van der Waals surface area contributed by atoms with Crippen LogP contribution in [0.3, 0.4) is 0 Å². The van der Waals surface area contributed by atoms with Gasteiger partial charge in [-0.25, -0.2) is 0 Å². The Hall–Kier alpha value is -2.49. The van der Waals surface area contributed by atoms with E-state index in [2.05, 4.69) is 16.0 Å². The summed E-state index contributed by atoms with van der Waals surface area (Å²) in [6.07, 6.45) is 3.92. The van der Waals surface area contributed by atoms with Crippen molar-refractivity contribution in [3.8, 4) is 0 Å². The Kier molecular flexibility index (Phi) is 7.64. The van der Waals surface area contributed by atoms with Gasteiger partial charge in [0.05, 0.1) is 6.61 Å². The molecule has 0 saturated carbocycles. The first-order chi connectivity index (χ1) is 14.8. The minimum atomic E-state index is -0.841. The van der Waals surface area contributed by atoms with Crippen molar-refractivity contribution < 1.29 is 28.7 Å². The van der Waals surface area contributed by atoms with Crippen LogP contribution in [0.1, 0.15) is 58.8 Å². The number of unbranched alkanes of at least 4 members (excludes halogenated alkanes) is 2. The molecule has 3 saturated heterocycles. The molecule has 3 rings (SSSR count). The van der Waals surface area contributed by atoms with Crippen LogP contribution >= 0.6 is 0 Å². The number of hydrogen-bond acceptors (Lipinski definition) is 6. The predicted molar refractivity (Wildman–Crippen MR) is 110 cm³/mol. The second kappa shape index (κ2) is 10.2. The van der Waals surface area contributed by atoms with Gasteiger partial charge in [-0.05, 0) is 39.5 Å². The maximum atomic E-state index is 13.2. The van der Waals surface area contributed by atoms with E-state index in [1.165, 1.54) is 4.90 Å². The van der Waals surface area contributed by atoms with E-state index in [0.29, 0.717) is 51.7 Å². The first-order valence-electron chi connectivity index (χ1n) is 11.1. The molecule has 0 bridgehead atoms. The third-order valence-corrected chi connectivity index (χ3v) is 6.07. The molecule has 0 spiro atoms. The van der Waals surface area contributed by atoms with E-state index in [9.17, 15) is 24.0 Å². The highest BCUT2D eigenvalue weighted by Gasteiger charge is 2.39. The van der Waals surface area contributed by atoms with Gasteiger partial charge in [-0.3, -0.25) is 24.0 Å². The van der Waals surface area contributed by atoms with Crippen molar-refractivity contribution in [2.24, 2.45) is 0 Å². The Bertz CT molecular complexity index is 737. The normalized spacial score (nSPS) is 31.7. The van der Waals surface area contributed by atoms with Crippen molar-refractivity contribution in [1.29, 1.82) is 0 Å². The van der Waals surface area contributed by atoms with E-state index >= 15 is 0 Å². The molecule has 10 nitrogen and oxygen atoms in total. The molecule has 3 heterocycles. The summed E-state index contributed by atoms with van der Waals surface area (Å²) < 4.78 is 4.98. The molecule has 0 aromatic rings. The van der Waals surface area contributed by atoms with Crippen molar-refractivity contribution in [3.63, 3.8) is 0 Å². The zero-order valence-electron chi connectivity index (χ0n) is 18.1. The Balaban J connectivity index is 1.65. The van der Waals surface area contributed by atoms with Crippen molar-refractivity contribution in [2.45, 2.75) is 89.1 Å². The monoisotopic (exact) mass is 436 g/mol. The number of ketones is 1. The Morgan fingerprint density at radius 2 is 1.61 bits per heavy atom. The number of ether oxygens (including phenoxy) is 1. The molecule has 31 heavy (non-hydrogen) atoms. The van der Waals surface area contributed by atoms with Crippen LogP contribution in [-0.4, -0.2) is 77.7 Å². The van der Waals surface area contributed by atoms with Gasteiger partial charge in [0, 0.05) is 13.0 Å². The average Bonchev–Trinajstić information content (AvgIpc) is 3.47. The van der Waals surface area contributed by atoms with E-state index in [1.54, 1.807) is 13.8 Å². The molecule has 3 fully saturated rings. The van der Waals surface area contributed by atoms with Crippen molar-refractivity contribution in [2.75, 3.05) is 13.2 Å². The van der Waals surface area contributed by atoms with E-state index in [1.807, 2.05) is 0 Å². The Morgan fingerprint density at radius 3 is 2.29 bits per heavy atom. The molecule has 0 aromatic heterocycles. The fourth-order valence-electron chi connectivity index (χ4n) is 4.06. The average molecular weight is 437 g/mol. The Morgan fingerprint density at radius 1 is 0.968 bits per heavy atom.